The molecule has 1 N–H and O–H groups in total. The van der Waals surface area contributed by atoms with Gasteiger partial charge in [-0.25, -0.2) is 0 Å². The molecular formula is C11H20N4. The van der Waals surface area contributed by atoms with E-state index in [2.05, 4.69) is 46.8 Å². The zero-order chi connectivity index (χ0) is 11.1. The standard InChI is InChI=1S/C11H20N4/c1-11(2,3)14-5-6-15-9(8-14)7-10(12-4)13-15/h7H,5-6,8H2,1-4H3,(H,12,13). The van der Waals surface area contributed by atoms with Gasteiger partial charge in [-0.2, -0.15) is 5.10 Å². The van der Waals surface area contributed by atoms with Crippen LogP contribution in [0.3, 0.4) is 0 Å². The topological polar surface area (TPSA) is 33.1 Å². The van der Waals surface area contributed by atoms with Gasteiger partial charge in [-0.05, 0) is 20.8 Å². The second-order valence-electron chi connectivity index (χ2n) is 5.09. The summed E-state index contributed by atoms with van der Waals surface area (Å²) in [7, 11) is 1.91. The van der Waals surface area contributed by atoms with E-state index in [0.29, 0.717) is 0 Å². The molecule has 4 nitrogen and oxygen atoms in total. The summed E-state index contributed by atoms with van der Waals surface area (Å²) in [6, 6.07) is 2.14. The SMILES string of the molecule is CNc1cc2n(n1)CCN(C(C)(C)C)C2. The Morgan fingerprint density at radius 1 is 1.33 bits per heavy atom. The quantitative estimate of drug-likeness (QED) is 0.760. The van der Waals surface area contributed by atoms with Crippen molar-refractivity contribution >= 4 is 5.82 Å². The number of anilines is 1. The Bertz CT molecular complexity index is 348. The molecule has 0 unspecified atom stereocenters. The molecule has 1 aromatic rings. The van der Waals surface area contributed by atoms with Crippen molar-refractivity contribution in [2.24, 2.45) is 0 Å². The number of nitrogens with one attached hydrogen (secondary N) is 1. The Hall–Kier alpha value is -1.03. The molecule has 0 aliphatic carbocycles. The molecule has 0 aromatic carbocycles. The molecular weight excluding hydrogens is 188 g/mol. The molecule has 0 atom stereocenters. The van der Waals surface area contributed by atoms with Gasteiger partial charge in [0.2, 0.25) is 0 Å². The van der Waals surface area contributed by atoms with Gasteiger partial charge in [0, 0.05) is 31.7 Å². The van der Waals surface area contributed by atoms with Crippen molar-refractivity contribution in [3.63, 3.8) is 0 Å². The van der Waals surface area contributed by atoms with Crippen molar-refractivity contribution in [2.45, 2.75) is 39.4 Å². The van der Waals surface area contributed by atoms with E-state index in [0.717, 1.165) is 25.5 Å². The highest BCUT2D eigenvalue weighted by Gasteiger charge is 2.26. The van der Waals surface area contributed by atoms with Gasteiger partial charge in [-0.3, -0.25) is 9.58 Å². The summed E-state index contributed by atoms with van der Waals surface area (Å²) in [6.07, 6.45) is 0. The fourth-order valence-electron chi connectivity index (χ4n) is 1.96. The molecule has 84 valence electrons. The largest absolute Gasteiger partial charge is 0.372 e. The van der Waals surface area contributed by atoms with Crippen LogP contribution in [0.5, 0.6) is 0 Å². The zero-order valence-electron chi connectivity index (χ0n) is 10.0. The third kappa shape index (κ3) is 2.00. The number of hydrogen-bond acceptors (Lipinski definition) is 3. The van der Waals surface area contributed by atoms with Gasteiger partial charge in [0.1, 0.15) is 5.82 Å². The number of rotatable bonds is 1. The maximum atomic E-state index is 4.46. The van der Waals surface area contributed by atoms with E-state index in [4.69, 9.17) is 0 Å². The lowest BCUT2D eigenvalue weighted by Crippen LogP contribution is -2.45. The van der Waals surface area contributed by atoms with Gasteiger partial charge >= 0.3 is 0 Å². The first-order valence-corrected chi connectivity index (χ1v) is 5.50. The van der Waals surface area contributed by atoms with Crippen LogP contribution in [0.4, 0.5) is 5.82 Å². The Kier molecular flexibility index (Phi) is 2.46. The highest BCUT2D eigenvalue weighted by Crippen LogP contribution is 2.22. The van der Waals surface area contributed by atoms with Crippen molar-refractivity contribution < 1.29 is 0 Å². The van der Waals surface area contributed by atoms with Crippen LogP contribution in [-0.2, 0) is 13.1 Å². The lowest BCUT2D eigenvalue weighted by atomic mass is 10.0. The molecule has 0 spiro atoms. The van der Waals surface area contributed by atoms with Crippen LogP contribution in [0.1, 0.15) is 26.5 Å². The minimum Gasteiger partial charge on any atom is -0.372 e. The van der Waals surface area contributed by atoms with Crippen molar-refractivity contribution in [3.8, 4) is 0 Å². The monoisotopic (exact) mass is 208 g/mol. The van der Waals surface area contributed by atoms with Crippen LogP contribution in [0, 0.1) is 0 Å². The van der Waals surface area contributed by atoms with Crippen molar-refractivity contribution in [1.29, 1.82) is 0 Å². The molecule has 1 aliphatic heterocycles. The van der Waals surface area contributed by atoms with Crippen molar-refractivity contribution in [3.05, 3.63) is 11.8 Å². The van der Waals surface area contributed by atoms with E-state index >= 15 is 0 Å². The van der Waals surface area contributed by atoms with E-state index in [1.807, 2.05) is 7.05 Å². The van der Waals surface area contributed by atoms with Crippen LogP contribution in [0.2, 0.25) is 0 Å². The van der Waals surface area contributed by atoms with E-state index in [1.54, 1.807) is 0 Å². The first kappa shape index (κ1) is 10.5. The zero-order valence-corrected chi connectivity index (χ0v) is 10.0. The van der Waals surface area contributed by atoms with Crippen LogP contribution in [0.25, 0.3) is 0 Å². The Balaban J connectivity index is 2.19. The average molecular weight is 208 g/mol. The molecule has 1 aromatic heterocycles. The fraction of sp³-hybridized carbons (Fsp3) is 0.727. The summed E-state index contributed by atoms with van der Waals surface area (Å²) >= 11 is 0. The van der Waals surface area contributed by atoms with Crippen LogP contribution in [0.15, 0.2) is 6.07 Å². The molecule has 1 aliphatic rings. The van der Waals surface area contributed by atoms with Crippen LogP contribution < -0.4 is 5.32 Å². The minimum atomic E-state index is 0.245. The Morgan fingerprint density at radius 2 is 2.07 bits per heavy atom. The summed E-state index contributed by atoms with van der Waals surface area (Å²) in [5, 5.41) is 7.55. The van der Waals surface area contributed by atoms with Crippen LogP contribution in [-0.4, -0.2) is 33.8 Å². The third-order valence-corrected chi connectivity index (χ3v) is 3.00. The number of hydrogen-bond donors (Lipinski definition) is 1. The predicted octanol–water partition coefficient (Wildman–Crippen LogP) is 1.54. The van der Waals surface area contributed by atoms with Crippen LogP contribution >= 0.6 is 0 Å². The van der Waals surface area contributed by atoms with Gasteiger partial charge in [-0.1, -0.05) is 0 Å². The second kappa shape index (κ2) is 3.52. The summed E-state index contributed by atoms with van der Waals surface area (Å²) in [5.74, 6) is 0.973. The average Bonchev–Trinajstić information content (AvgIpc) is 2.57. The molecule has 2 rings (SSSR count). The van der Waals surface area contributed by atoms with E-state index < -0.39 is 0 Å². The van der Waals surface area contributed by atoms with Crippen molar-refractivity contribution in [1.82, 2.24) is 14.7 Å². The normalized spacial score (nSPS) is 17.6. The Labute approximate surface area is 91.3 Å². The summed E-state index contributed by atoms with van der Waals surface area (Å²) in [6.45, 7) is 9.86. The molecule has 0 amide bonds. The first-order valence-electron chi connectivity index (χ1n) is 5.50. The van der Waals surface area contributed by atoms with Gasteiger partial charge in [0.25, 0.3) is 0 Å². The highest BCUT2D eigenvalue weighted by molar-refractivity contribution is 5.35. The first-order chi connectivity index (χ1) is 7.00. The smallest absolute Gasteiger partial charge is 0.148 e. The molecule has 0 radical (unpaired) electrons. The second-order valence-corrected chi connectivity index (χ2v) is 5.09. The number of fused-ring (bicyclic) bond motifs is 1. The van der Waals surface area contributed by atoms with E-state index in [-0.39, 0.29) is 5.54 Å². The molecule has 0 saturated heterocycles. The van der Waals surface area contributed by atoms with Crippen molar-refractivity contribution in [2.75, 3.05) is 18.9 Å². The lowest BCUT2D eigenvalue weighted by Gasteiger charge is -2.38. The molecule has 0 bridgehead atoms. The summed E-state index contributed by atoms with van der Waals surface area (Å²) < 4.78 is 2.11. The summed E-state index contributed by atoms with van der Waals surface area (Å²) in [4.78, 5) is 2.49. The number of aromatic nitrogens is 2. The third-order valence-electron chi connectivity index (χ3n) is 3.00. The maximum Gasteiger partial charge on any atom is 0.148 e. The lowest BCUT2D eigenvalue weighted by molar-refractivity contribution is 0.0990. The van der Waals surface area contributed by atoms with E-state index in [1.165, 1.54) is 5.69 Å². The molecule has 0 fully saturated rings. The molecule has 4 heteroatoms. The van der Waals surface area contributed by atoms with E-state index in [9.17, 15) is 0 Å². The molecule has 0 saturated carbocycles. The fourth-order valence-corrected chi connectivity index (χ4v) is 1.96. The predicted molar refractivity (Wildman–Crippen MR) is 61.9 cm³/mol. The molecule has 15 heavy (non-hydrogen) atoms. The highest BCUT2D eigenvalue weighted by atomic mass is 15.4. The van der Waals surface area contributed by atoms with Gasteiger partial charge in [0.05, 0.1) is 12.2 Å². The Morgan fingerprint density at radius 3 is 2.67 bits per heavy atom. The van der Waals surface area contributed by atoms with Gasteiger partial charge in [0.15, 0.2) is 0 Å². The van der Waals surface area contributed by atoms with Gasteiger partial charge < -0.3 is 5.32 Å². The summed E-state index contributed by atoms with van der Waals surface area (Å²) in [5.41, 5.74) is 1.55. The maximum absolute atomic E-state index is 4.46. The van der Waals surface area contributed by atoms with Gasteiger partial charge in [-0.15, -0.1) is 0 Å². The number of nitrogens with zero attached hydrogens (tertiary/aromatic N) is 3. The molecule has 2 heterocycles. The minimum absolute atomic E-state index is 0.245.